The van der Waals surface area contributed by atoms with E-state index in [1.54, 1.807) is 0 Å². The maximum absolute atomic E-state index is 11.6. The van der Waals surface area contributed by atoms with Crippen LogP contribution in [0.3, 0.4) is 0 Å². The second-order valence-corrected chi connectivity index (χ2v) is 4.10. The van der Waals surface area contributed by atoms with Gasteiger partial charge in [0.05, 0.1) is 6.42 Å². The number of nitrogens with one attached hydrogen (secondary N) is 1. The molecule has 1 aromatic rings. The van der Waals surface area contributed by atoms with E-state index >= 15 is 0 Å². The molecule has 0 aliphatic carbocycles. The zero-order valence-electron chi connectivity index (χ0n) is 9.72. The van der Waals surface area contributed by atoms with E-state index < -0.39 is 0 Å². The molecule has 0 spiro atoms. The molecule has 1 unspecified atom stereocenters. The molecule has 4 heteroatoms. The van der Waals surface area contributed by atoms with Gasteiger partial charge in [-0.1, -0.05) is 30.3 Å². The van der Waals surface area contributed by atoms with E-state index in [0.717, 1.165) is 24.8 Å². The molecule has 1 heterocycles. The lowest BCUT2D eigenvalue weighted by Gasteiger charge is -2.22. The fourth-order valence-electron chi connectivity index (χ4n) is 1.75. The van der Waals surface area contributed by atoms with E-state index in [2.05, 4.69) is 5.48 Å². The molecule has 0 saturated carbocycles. The van der Waals surface area contributed by atoms with Crippen molar-refractivity contribution in [1.29, 1.82) is 0 Å². The maximum atomic E-state index is 11.6. The molecule has 2 rings (SSSR count). The highest BCUT2D eigenvalue weighted by atomic mass is 16.8. The van der Waals surface area contributed by atoms with Crippen LogP contribution in [-0.4, -0.2) is 18.8 Å². The first-order valence-corrected chi connectivity index (χ1v) is 5.94. The van der Waals surface area contributed by atoms with E-state index in [1.165, 1.54) is 0 Å². The van der Waals surface area contributed by atoms with Crippen LogP contribution in [0, 0.1) is 0 Å². The summed E-state index contributed by atoms with van der Waals surface area (Å²) in [5, 5.41) is 0. The Hall–Kier alpha value is -1.39. The first-order valence-electron chi connectivity index (χ1n) is 5.94. The van der Waals surface area contributed by atoms with Gasteiger partial charge in [0.15, 0.2) is 6.29 Å². The molecule has 4 nitrogen and oxygen atoms in total. The number of carbonyl (C=O) groups excluding carboxylic acids is 1. The van der Waals surface area contributed by atoms with Gasteiger partial charge in [-0.3, -0.25) is 4.79 Å². The molecular weight excluding hydrogens is 218 g/mol. The Morgan fingerprint density at radius 1 is 1.35 bits per heavy atom. The number of amides is 1. The van der Waals surface area contributed by atoms with Crippen molar-refractivity contribution in [3.63, 3.8) is 0 Å². The predicted octanol–water partition coefficient (Wildman–Crippen LogP) is 1.80. The highest BCUT2D eigenvalue weighted by Crippen LogP contribution is 2.12. The largest absolute Gasteiger partial charge is 0.350 e. The fourth-order valence-corrected chi connectivity index (χ4v) is 1.75. The smallest absolute Gasteiger partial charge is 0.248 e. The second kappa shape index (κ2) is 6.37. The summed E-state index contributed by atoms with van der Waals surface area (Å²) >= 11 is 0. The van der Waals surface area contributed by atoms with E-state index in [4.69, 9.17) is 9.57 Å². The predicted molar refractivity (Wildman–Crippen MR) is 63.0 cm³/mol. The number of carbonyl (C=O) groups is 1. The number of hydroxylamine groups is 1. The van der Waals surface area contributed by atoms with Crippen LogP contribution in [0.4, 0.5) is 0 Å². The lowest BCUT2D eigenvalue weighted by Crippen LogP contribution is -2.33. The zero-order valence-corrected chi connectivity index (χ0v) is 9.72. The zero-order chi connectivity index (χ0) is 11.9. The van der Waals surface area contributed by atoms with Crippen molar-refractivity contribution in [2.75, 3.05) is 6.61 Å². The third-order valence-electron chi connectivity index (χ3n) is 2.65. The number of ether oxygens (including phenoxy) is 1. The van der Waals surface area contributed by atoms with Crippen molar-refractivity contribution in [1.82, 2.24) is 5.48 Å². The van der Waals surface area contributed by atoms with Gasteiger partial charge in [-0.25, -0.2) is 10.3 Å². The maximum Gasteiger partial charge on any atom is 0.248 e. The van der Waals surface area contributed by atoms with Crippen LogP contribution in [0.25, 0.3) is 0 Å². The molecule has 1 aliphatic rings. The molecule has 1 aromatic carbocycles. The van der Waals surface area contributed by atoms with Gasteiger partial charge in [-0.05, 0) is 18.4 Å². The highest BCUT2D eigenvalue weighted by molar-refractivity contribution is 5.77. The average Bonchev–Trinajstić information content (AvgIpc) is 2.39. The molecule has 0 radical (unpaired) electrons. The van der Waals surface area contributed by atoms with Crippen molar-refractivity contribution in [3.8, 4) is 0 Å². The Kier molecular flexibility index (Phi) is 4.53. The summed E-state index contributed by atoms with van der Waals surface area (Å²) in [7, 11) is 0. The third kappa shape index (κ3) is 4.17. The first kappa shape index (κ1) is 12.1. The van der Waals surface area contributed by atoms with Gasteiger partial charge in [-0.15, -0.1) is 0 Å². The van der Waals surface area contributed by atoms with Crippen molar-refractivity contribution >= 4 is 5.91 Å². The minimum Gasteiger partial charge on any atom is -0.350 e. The third-order valence-corrected chi connectivity index (χ3v) is 2.65. The Morgan fingerprint density at radius 3 is 2.88 bits per heavy atom. The molecular formula is C13H17NO3. The monoisotopic (exact) mass is 235 g/mol. The molecule has 0 bridgehead atoms. The van der Waals surface area contributed by atoms with Crippen LogP contribution < -0.4 is 5.48 Å². The molecule has 1 fully saturated rings. The highest BCUT2D eigenvalue weighted by Gasteiger charge is 2.15. The number of hydrogen-bond acceptors (Lipinski definition) is 3. The number of benzene rings is 1. The van der Waals surface area contributed by atoms with Gasteiger partial charge >= 0.3 is 0 Å². The Morgan fingerprint density at radius 2 is 2.18 bits per heavy atom. The van der Waals surface area contributed by atoms with Crippen LogP contribution in [-0.2, 0) is 20.8 Å². The fraction of sp³-hybridized carbons (Fsp3) is 0.462. The minimum absolute atomic E-state index is 0.148. The second-order valence-electron chi connectivity index (χ2n) is 4.10. The molecule has 1 atom stereocenters. The SMILES string of the molecule is O=C(Cc1ccccc1)NOC1CCCCO1. The number of hydrogen-bond donors (Lipinski definition) is 1. The molecule has 92 valence electrons. The van der Waals surface area contributed by atoms with E-state index in [0.29, 0.717) is 13.0 Å². The standard InChI is InChI=1S/C13H17NO3/c15-12(10-11-6-2-1-3-7-11)14-17-13-8-4-5-9-16-13/h1-3,6-7,13H,4-5,8-10H2,(H,14,15). The summed E-state index contributed by atoms with van der Waals surface area (Å²) in [5.41, 5.74) is 3.41. The van der Waals surface area contributed by atoms with Crippen molar-refractivity contribution in [3.05, 3.63) is 35.9 Å². The van der Waals surface area contributed by atoms with E-state index in [1.807, 2.05) is 30.3 Å². The summed E-state index contributed by atoms with van der Waals surface area (Å²) in [6.07, 6.45) is 3.03. The quantitative estimate of drug-likeness (QED) is 0.809. The normalized spacial score (nSPS) is 19.9. The van der Waals surface area contributed by atoms with E-state index in [9.17, 15) is 4.79 Å². The Bertz CT molecular complexity index is 347. The Labute approximate surface area is 101 Å². The first-order chi connectivity index (χ1) is 8.34. The van der Waals surface area contributed by atoms with Gasteiger partial charge < -0.3 is 4.74 Å². The average molecular weight is 235 g/mol. The summed E-state index contributed by atoms with van der Waals surface area (Å²) in [5.74, 6) is -0.148. The van der Waals surface area contributed by atoms with Gasteiger partial charge in [-0.2, -0.15) is 0 Å². The molecule has 1 N–H and O–H groups in total. The molecule has 1 saturated heterocycles. The van der Waals surface area contributed by atoms with Crippen molar-refractivity contribution in [2.45, 2.75) is 32.0 Å². The van der Waals surface area contributed by atoms with Crippen LogP contribution in [0.2, 0.25) is 0 Å². The van der Waals surface area contributed by atoms with E-state index in [-0.39, 0.29) is 12.2 Å². The van der Waals surface area contributed by atoms with Gasteiger partial charge in [0, 0.05) is 13.0 Å². The Balaban J connectivity index is 1.70. The van der Waals surface area contributed by atoms with Crippen LogP contribution >= 0.6 is 0 Å². The van der Waals surface area contributed by atoms with Crippen molar-refractivity contribution < 1.29 is 14.4 Å². The summed E-state index contributed by atoms with van der Waals surface area (Å²) < 4.78 is 5.34. The molecule has 17 heavy (non-hydrogen) atoms. The lowest BCUT2D eigenvalue weighted by atomic mass is 10.1. The van der Waals surface area contributed by atoms with Crippen LogP contribution in [0.1, 0.15) is 24.8 Å². The van der Waals surface area contributed by atoms with Gasteiger partial charge in [0.1, 0.15) is 0 Å². The van der Waals surface area contributed by atoms with Crippen LogP contribution in [0.15, 0.2) is 30.3 Å². The summed E-state index contributed by atoms with van der Waals surface area (Å²) in [6, 6.07) is 9.57. The lowest BCUT2D eigenvalue weighted by molar-refractivity contribution is -0.200. The van der Waals surface area contributed by atoms with Gasteiger partial charge in [0.25, 0.3) is 0 Å². The van der Waals surface area contributed by atoms with Gasteiger partial charge in [0.2, 0.25) is 5.91 Å². The number of rotatable bonds is 4. The summed E-state index contributed by atoms with van der Waals surface area (Å²) in [4.78, 5) is 16.8. The topological polar surface area (TPSA) is 47.6 Å². The summed E-state index contributed by atoms with van der Waals surface area (Å²) in [6.45, 7) is 0.708. The molecule has 1 amide bonds. The minimum atomic E-state index is -0.288. The molecule has 0 aromatic heterocycles. The van der Waals surface area contributed by atoms with Crippen LogP contribution in [0.5, 0.6) is 0 Å². The molecule has 1 aliphatic heterocycles. The van der Waals surface area contributed by atoms with Crippen molar-refractivity contribution in [2.24, 2.45) is 0 Å².